The standard InChI is InChI=1S/C21H27F3N8O2/c1-10(2)17-19(34)28-16-11(3)25-20(29-18(16)31(17)4)27-13-7-12(8-13)26-15(33)9-32-6-5-14(30-32)21(22,23)24/h5-6,10,12-13,17H,7-9H2,1-4H3,(H,26,33)(H,28,34)(H,25,27,29)/t12-,13+,17?. The van der Waals surface area contributed by atoms with Gasteiger partial charge in [-0.25, -0.2) is 4.98 Å². The highest BCUT2D eigenvalue weighted by atomic mass is 19.4. The van der Waals surface area contributed by atoms with Crippen molar-refractivity contribution in [3.8, 4) is 0 Å². The molecule has 0 spiro atoms. The Morgan fingerprint density at radius 2 is 1.97 bits per heavy atom. The molecule has 10 nitrogen and oxygen atoms in total. The molecule has 1 fully saturated rings. The fourth-order valence-electron chi connectivity index (χ4n) is 4.34. The summed E-state index contributed by atoms with van der Waals surface area (Å²) in [4.78, 5) is 35.5. The molecule has 1 unspecified atom stereocenters. The molecule has 2 amide bonds. The third kappa shape index (κ3) is 4.77. The van der Waals surface area contributed by atoms with E-state index in [-0.39, 0.29) is 36.5 Å². The van der Waals surface area contributed by atoms with Crippen molar-refractivity contribution in [3.05, 3.63) is 23.7 Å². The van der Waals surface area contributed by atoms with Crippen molar-refractivity contribution in [2.24, 2.45) is 5.92 Å². The van der Waals surface area contributed by atoms with Crippen LogP contribution >= 0.6 is 0 Å². The van der Waals surface area contributed by atoms with E-state index in [0.29, 0.717) is 36.0 Å². The maximum atomic E-state index is 12.6. The van der Waals surface area contributed by atoms with Crippen LogP contribution in [0.1, 0.15) is 38.1 Å². The average molecular weight is 480 g/mol. The van der Waals surface area contributed by atoms with Gasteiger partial charge in [0.1, 0.15) is 18.3 Å². The summed E-state index contributed by atoms with van der Waals surface area (Å²) in [7, 11) is 1.84. The number of hydrogen-bond acceptors (Lipinski definition) is 7. The molecule has 1 saturated carbocycles. The first kappa shape index (κ1) is 23.8. The van der Waals surface area contributed by atoms with E-state index in [1.807, 2.05) is 25.8 Å². The molecule has 2 aliphatic rings. The van der Waals surface area contributed by atoms with Gasteiger partial charge in [0.05, 0.1) is 5.69 Å². The second-order valence-electron chi connectivity index (χ2n) is 9.09. The summed E-state index contributed by atoms with van der Waals surface area (Å²) >= 11 is 0. The highest BCUT2D eigenvalue weighted by molar-refractivity contribution is 6.03. The number of anilines is 3. The normalized spacial score (nSPS) is 22.2. The first-order chi connectivity index (χ1) is 15.9. The molecule has 2 aromatic heterocycles. The van der Waals surface area contributed by atoms with Crippen molar-refractivity contribution < 1.29 is 22.8 Å². The molecule has 1 aliphatic heterocycles. The van der Waals surface area contributed by atoms with Crippen LogP contribution in [-0.4, -0.2) is 56.7 Å². The van der Waals surface area contributed by atoms with Crippen LogP contribution < -0.4 is 20.9 Å². The number of aromatic nitrogens is 4. The van der Waals surface area contributed by atoms with E-state index >= 15 is 0 Å². The number of aryl methyl sites for hydroxylation is 1. The molecule has 0 saturated heterocycles. The number of alkyl halides is 3. The zero-order valence-corrected chi connectivity index (χ0v) is 19.3. The van der Waals surface area contributed by atoms with Crippen LogP contribution in [0.5, 0.6) is 0 Å². The summed E-state index contributed by atoms with van der Waals surface area (Å²) < 4.78 is 38.9. The summed E-state index contributed by atoms with van der Waals surface area (Å²) in [6.07, 6.45) is -2.16. The molecular formula is C21H27F3N8O2. The summed E-state index contributed by atoms with van der Waals surface area (Å²) in [5, 5.41) is 12.4. The molecule has 34 heavy (non-hydrogen) atoms. The van der Waals surface area contributed by atoms with Gasteiger partial charge in [0, 0.05) is 25.3 Å². The van der Waals surface area contributed by atoms with Crippen molar-refractivity contribution in [1.82, 2.24) is 25.1 Å². The van der Waals surface area contributed by atoms with Gasteiger partial charge in [0.15, 0.2) is 11.5 Å². The second-order valence-corrected chi connectivity index (χ2v) is 9.09. The summed E-state index contributed by atoms with van der Waals surface area (Å²) in [5.41, 5.74) is 0.219. The van der Waals surface area contributed by atoms with Gasteiger partial charge in [-0.1, -0.05) is 13.8 Å². The van der Waals surface area contributed by atoms with Crippen molar-refractivity contribution in [1.29, 1.82) is 0 Å². The number of carbonyl (C=O) groups is 2. The van der Waals surface area contributed by atoms with Crippen molar-refractivity contribution in [2.45, 2.75) is 64.5 Å². The second kappa shape index (κ2) is 8.76. The molecule has 1 atom stereocenters. The minimum Gasteiger partial charge on any atom is -0.352 e. The fraction of sp³-hybridized carbons (Fsp3) is 0.571. The molecule has 4 rings (SSSR count). The van der Waals surface area contributed by atoms with Crippen LogP contribution in [0.2, 0.25) is 0 Å². The van der Waals surface area contributed by atoms with Gasteiger partial charge in [0.25, 0.3) is 0 Å². The minimum absolute atomic E-state index is 0.0358. The predicted molar refractivity (Wildman–Crippen MR) is 118 cm³/mol. The Hall–Kier alpha value is -3.38. The SMILES string of the molecule is Cc1nc(N[C@H]2C[C@@H](NC(=O)Cn3ccc(C(F)(F)F)n3)C2)nc2c1NC(=O)C(C(C)C)N2C. The van der Waals surface area contributed by atoms with Crippen LogP contribution in [-0.2, 0) is 22.3 Å². The first-order valence-corrected chi connectivity index (χ1v) is 11.0. The number of amides is 2. The molecule has 3 heterocycles. The maximum absolute atomic E-state index is 12.6. The topological polar surface area (TPSA) is 117 Å². The fourth-order valence-corrected chi connectivity index (χ4v) is 4.34. The quantitative estimate of drug-likeness (QED) is 0.580. The number of carbonyl (C=O) groups excluding carboxylic acids is 2. The maximum Gasteiger partial charge on any atom is 0.435 e. The van der Waals surface area contributed by atoms with E-state index in [9.17, 15) is 22.8 Å². The van der Waals surface area contributed by atoms with E-state index in [4.69, 9.17) is 0 Å². The van der Waals surface area contributed by atoms with Crippen LogP contribution in [0.4, 0.5) is 30.6 Å². The van der Waals surface area contributed by atoms with E-state index in [0.717, 1.165) is 16.9 Å². The third-order valence-corrected chi connectivity index (χ3v) is 6.04. The smallest absolute Gasteiger partial charge is 0.352 e. The van der Waals surface area contributed by atoms with E-state index in [1.54, 1.807) is 6.92 Å². The van der Waals surface area contributed by atoms with Crippen LogP contribution in [0.3, 0.4) is 0 Å². The van der Waals surface area contributed by atoms with Crippen molar-refractivity contribution in [3.63, 3.8) is 0 Å². The van der Waals surface area contributed by atoms with Gasteiger partial charge in [-0.3, -0.25) is 14.3 Å². The van der Waals surface area contributed by atoms with Crippen LogP contribution in [0.25, 0.3) is 0 Å². The van der Waals surface area contributed by atoms with E-state index in [1.165, 1.54) is 0 Å². The Labute approximate surface area is 194 Å². The lowest BCUT2D eigenvalue weighted by Crippen LogP contribution is -2.51. The van der Waals surface area contributed by atoms with Gasteiger partial charge in [-0.15, -0.1) is 0 Å². The summed E-state index contributed by atoms with van der Waals surface area (Å²) in [6, 6.07) is 0.436. The molecule has 0 radical (unpaired) electrons. The molecule has 0 aromatic carbocycles. The van der Waals surface area contributed by atoms with Gasteiger partial charge in [-0.05, 0) is 31.7 Å². The summed E-state index contributed by atoms with van der Waals surface area (Å²) in [6.45, 7) is 5.47. The lowest BCUT2D eigenvalue weighted by molar-refractivity contribution is -0.141. The monoisotopic (exact) mass is 480 g/mol. The number of likely N-dealkylation sites (N-methyl/N-ethyl adjacent to an activating group) is 1. The van der Waals surface area contributed by atoms with Gasteiger partial charge < -0.3 is 20.9 Å². The molecule has 1 aliphatic carbocycles. The van der Waals surface area contributed by atoms with E-state index in [2.05, 4.69) is 31.0 Å². The van der Waals surface area contributed by atoms with Gasteiger partial charge in [-0.2, -0.15) is 23.3 Å². The Kier molecular flexibility index (Phi) is 6.13. The lowest BCUT2D eigenvalue weighted by atomic mass is 9.87. The Balaban J connectivity index is 1.31. The predicted octanol–water partition coefficient (Wildman–Crippen LogP) is 2.17. The molecule has 184 valence electrons. The van der Waals surface area contributed by atoms with Crippen molar-refractivity contribution >= 4 is 29.3 Å². The Morgan fingerprint density at radius 1 is 1.26 bits per heavy atom. The number of fused-ring (bicyclic) bond motifs is 1. The van der Waals surface area contributed by atoms with Crippen molar-refractivity contribution in [2.75, 3.05) is 22.6 Å². The highest BCUT2D eigenvalue weighted by Crippen LogP contribution is 2.35. The number of nitrogens with zero attached hydrogens (tertiary/aromatic N) is 5. The highest BCUT2D eigenvalue weighted by Gasteiger charge is 2.37. The number of halogens is 3. The molecule has 2 aromatic rings. The summed E-state index contributed by atoms with van der Waals surface area (Å²) in [5.74, 6) is 0.697. The first-order valence-electron chi connectivity index (χ1n) is 11.0. The van der Waals surface area contributed by atoms with E-state index < -0.39 is 17.8 Å². The third-order valence-electron chi connectivity index (χ3n) is 6.04. The number of nitrogens with one attached hydrogen (secondary N) is 3. The van der Waals surface area contributed by atoms with Gasteiger partial charge in [0.2, 0.25) is 17.8 Å². The lowest BCUT2D eigenvalue weighted by Gasteiger charge is -2.38. The average Bonchev–Trinajstić information content (AvgIpc) is 3.16. The molecule has 0 bridgehead atoms. The molecule has 3 N–H and O–H groups in total. The molecule has 13 heteroatoms. The zero-order chi connectivity index (χ0) is 24.8. The Bertz CT molecular complexity index is 1090. The number of hydrogen-bond donors (Lipinski definition) is 3. The zero-order valence-electron chi connectivity index (χ0n) is 19.3. The molecular weight excluding hydrogens is 453 g/mol. The van der Waals surface area contributed by atoms with Gasteiger partial charge >= 0.3 is 6.18 Å². The van der Waals surface area contributed by atoms with Crippen LogP contribution in [0.15, 0.2) is 12.3 Å². The largest absolute Gasteiger partial charge is 0.435 e. The Morgan fingerprint density at radius 3 is 2.59 bits per heavy atom. The van der Waals surface area contributed by atoms with Crippen LogP contribution in [0, 0.1) is 12.8 Å². The minimum atomic E-state index is -4.54. The number of rotatable bonds is 6.